The number of benzene rings is 2. The van der Waals surface area contributed by atoms with Gasteiger partial charge in [0.05, 0.1) is 17.7 Å². The fraction of sp³-hybridized carbons (Fsp3) is 0.381. The van der Waals surface area contributed by atoms with E-state index in [0.717, 1.165) is 45.4 Å². The van der Waals surface area contributed by atoms with Gasteiger partial charge in [-0.25, -0.2) is 4.79 Å². The number of aryl methyl sites for hydroxylation is 1. The summed E-state index contributed by atoms with van der Waals surface area (Å²) in [6.45, 7) is 5.42. The highest BCUT2D eigenvalue weighted by molar-refractivity contribution is 7.99. The summed E-state index contributed by atoms with van der Waals surface area (Å²) < 4.78 is 12.5. The number of esters is 1. The van der Waals surface area contributed by atoms with Crippen LogP contribution < -0.4 is 0 Å². The Balaban J connectivity index is 2.20. The number of aromatic hydroxyl groups is 1. The van der Waals surface area contributed by atoms with Crippen LogP contribution >= 0.6 is 11.8 Å². The van der Waals surface area contributed by atoms with Gasteiger partial charge in [-0.05, 0) is 18.7 Å². The topological polar surface area (TPSA) is 60.7 Å². The molecule has 1 heterocycles. The van der Waals surface area contributed by atoms with E-state index in [1.54, 1.807) is 13.2 Å². The average molecular weight is 388 g/mol. The molecule has 0 saturated heterocycles. The van der Waals surface area contributed by atoms with Crippen LogP contribution in [0.15, 0.2) is 30.3 Å². The number of aromatic nitrogens is 1. The van der Waals surface area contributed by atoms with Gasteiger partial charge in [0.15, 0.2) is 0 Å². The van der Waals surface area contributed by atoms with Crippen LogP contribution in [0.1, 0.15) is 23.0 Å². The highest BCUT2D eigenvalue weighted by Crippen LogP contribution is 2.37. The smallest absolute Gasteiger partial charge is 0.340 e. The van der Waals surface area contributed by atoms with Crippen LogP contribution in [0.4, 0.5) is 0 Å². The Morgan fingerprint density at radius 2 is 1.93 bits per heavy atom. The maximum Gasteiger partial charge on any atom is 0.340 e. The summed E-state index contributed by atoms with van der Waals surface area (Å²) in [5.74, 6) is 1.79. The number of carbonyl (C=O) groups excluding carboxylic acids is 1. The third-order valence-electron chi connectivity index (χ3n) is 4.69. The second kappa shape index (κ2) is 8.67. The lowest BCUT2D eigenvalue weighted by Crippen LogP contribution is -2.11. The molecule has 0 aliphatic carbocycles. The molecule has 3 aromatic rings. The van der Waals surface area contributed by atoms with Crippen molar-refractivity contribution in [3.63, 3.8) is 0 Å². The molecule has 5 nitrogen and oxygen atoms in total. The second-order valence-electron chi connectivity index (χ2n) is 6.28. The standard InChI is InChI=1S/C21H25NO4S/c1-4-27-12-9-22-14(2)19(21(24)26-11-10-25-3)17-13-18(23)15-7-5-6-8-16(15)20(17)22/h5-8,13,23H,4,9-12H2,1-3H3. The van der Waals surface area contributed by atoms with Gasteiger partial charge in [-0.3, -0.25) is 0 Å². The van der Waals surface area contributed by atoms with Gasteiger partial charge < -0.3 is 19.1 Å². The van der Waals surface area contributed by atoms with E-state index in [1.165, 1.54) is 0 Å². The zero-order valence-electron chi connectivity index (χ0n) is 15.9. The van der Waals surface area contributed by atoms with Crippen molar-refractivity contribution in [2.75, 3.05) is 31.8 Å². The predicted molar refractivity (Wildman–Crippen MR) is 111 cm³/mol. The van der Waals surface area contributed by atoms with Crippen molar-refractivity contribution in [3.8, 4) is 5.75 Å². The van der Waals surface area contributed by atoms with E-state index in [9.17, 15) is 9.90 Å². The molecule has 144 valence electrons. The Bertz CT molecular complexity index is 964. The number of methoxy groups -OCH3 is 1. The van der Waals surface area contributed by atoms with Crippen molar-refractivity contribution in [1.82, 2.24) is 4.57 Å². The minimum Gasteiger partial charge on any atom is -0.507 e. The van der Waals surface area contributed by atoms with Gasteiger partial charge in [-0.15, -0.1) is 0 Å². The Morgan fingerprint density at radius 1 is 1.19 bits per heavy atom. The number of thioether (sulfide) groups is 1. The molecule has 0 fully saturated rings. The van der Waals surface area contributed by atoms with Crippen molar-refractivity contribution >= 4 is 39.4 Å². The monoisotopic (exact) mass is 387 g/mol. The Morgan fingerprint density at radius 3 is 2.63 bits per heavy atom. The molecular formula is C21H25NO4S. The molecule has 0 spiro atoms. The fourth-order valence-corrected chi connectivity index (χ4v) is 4.05. The highest BCUT2D eigenvalue weighted by Gasteiger charge is 2.23. The van der Waals surface area contributed by atoms with Crippen molar-refractivity contribution in [3.05, 3.63) is 41.6 Å². The SMILES string of the molecule is CCSCCn1c(C)c(C(=O)OCCOC)c2cc(O)c3ccccc3c21. The first-order chi connectivity index (χ1) is 13.1. The molecule has 1 aromatic heterocycles. The maximum atomic E-state index is 12.8. The summed E-state index contributed by atoms with van der Waals surface area (Å²) >= 11 is 1.86. The second-order valence-corrected chi connectivity index (χ2v) is 7.67. The fourth-order valence-electron chi connectivity index (χ4n) is 3.45. The summed E-state index contributed by atoms with van der Waals surface area (Å²) in [4.78, 5) is 12.8. The van der Waals surface area contributed by atoms with Gasteiger partial charge in [0.2, 0.25) is 0 Å². The number of fused-ring (bicyclic) bond motifs is 3. The largest absolute Gasteiger partial charge is 0.507 e. The predicted octanol–water partition coefficient (Wildman–Crippen LogP) is 4.36. The van der Waals surface area contributed by atoms with Crippen molar-refractivity contribution in [1.29, 1.82) is 0 Å². The summed E-state index contributed by atoms with van der Waals surface area (Å²) in [6, 6.07) is 9.42. The lowest BCUT2D eigenvalue weighted by molar-refractivity contribution is 0.0389. The molecule has 0 amide bonds. The number of carbonyl (C=O) groups is 1. The molecule has 0 radical (unpaired) electrons. The summed E-state index contributed by atoms with van der Waals surface area (Å²) in [5, 5.41) is 13.0. The maximum absolute atomic E-state index is 12.8. The van der Waals surface area contributed by atoms with Crippen LogP contribution in [-0.2, 0) is 16.0 Å². The molecule has 0 saturated carbocycles. The quantitative estimate of drug-likeness (QED) is 0.459. The average Bonchev–Trinajstić information content (AvgIpc) is 2.94. The van der Waals surface area contributed by atoms with Crippen LogP contribution in [-0.4, -0.2) is 47.5 Å². The molecule has 2 aromatic carbocycles. The number of nitrogens with zero attached hydrogens (tertiary/aromatic N) is 1. The Kier molecular flexibility index (Phi) is 6.29. The molecule has 1 N–H and O–H groups in total. The molecule has 0 aliphatic heterocycles. The molecule has 27 heavy (non-hydrogen) atoms. The van der Waals surface area contributed by atoms with Crippen LogP contribution in [0.25, 0.3) is 21.7 Å². The van der Waals surface area contributed by atoms with E-state index < -0.39 is 0 Å². The first-order valence-corrected chi connectivity index (χ1v) is 10.2. The van der Waals surface area contributed by atoms with E-state index in [1.807, 2.05) is 43.0 Å². The normalized spacial score (nSPS) is 11.4. The lowest BCUT2D eigenvalue weighted by Gasteiger charge is -2.10. The van der Waals surface area contributed by atoms with Gasteiger partial charge in [0.25, 0.3) is 0 Å². The summed E-state index contributed by atoms with van der Waals surface area (Å²) in [6.07, 6.45) is 0. The Labute approximate surface area is 163 Å². The number of hydrogen-bond donors (Lipinski definition) is 1. The van der Waals surface area contributed by atoms with E-state index in [0.29, 0.717) is 12.2 Å². The van der Waals surface area contributed by atoms with E-state index >= 15 is 0 Å². The first-order valence-electron chi connectivity index (χ1n) is 9.07. The van der Waals surface area contributed by atoms with Crippen LogP contribution in [0.5, 0.6) is 5.75 Å². The van der Waals surface area contributed by atoms with E-state index in [-0.39, 0.29) is 18.3 Å². The number of hydrogen-bond acceptors (Lipinski definition) is 5. The van der Waals surface area contributed by atoms with Crippen molar-refractivity contribution < 1.29 is 19.4 Å². The molecule has 0 atom stereocenters. The number of phenols is 1. The van der Waals surface area contributed by atoms with Crippen molar-refractivity contribution in [2.45, 2.75) is 20.4 Å². The van der Waals surface area contributed by atoms with Gasteiger partial charge in [0, 0.05) is 41.3 Å². The summed E-state index contributed by atoms with van der Waals surface area (Å²) in [5.41, 5.74) is 2.35. The summed E-state index contributed by atoms with van der Waals surface area (Å²) in [7, 11) is 1.57. The number of ether oxygens (including phenoxy) is 2. The molecule has 0 bridgehead atoms. The highest BCUT2D eigenvalue weighted by atomic mass is 32.2. The van der Waals surface area contributed by atoms with Gasteiger partial charge in [0.1, 0.15) is 12.4 Å². The van der Waals surface area contributed by atoms with E-state index in [2.05, 4.69) is 11.5 Å². The third kappa shape index (κ3) is 3.77. The molecule has 6 heteroatoms. The van der Waals surface area contributed by atoms with Crippen molar-refractivity contribution in [2.24, 2.45) is 0 Å². The minimum absolute atomic E-state index is 0.170. The lowest BCUT2D eigenvalue weighted by atomic mass is 10.0. The number of phenolic OH excluding ortho intramolecular Hbond substituents is 1. The Hall–Kier alpha value is -2.18. The molecule has 0 aliphatic rings. The van der Waals surface area contributed by atoms with Gasteiger partial charge >= 0.3 is 5.97 Å². The molecule has 0 unspecified atom stereocenters. The van der Waals surface area contributed by atoms with Gasteiger partial charge in [-0.1, -0.05) is 31.2 Å². The number of rotatable bonds is 8. The zero-order valence-corrected chi connectivity index (χ0v) is 16.8. The third-order valence-corrected chi connectivity index (χ3v) is 5.57. The molecular weight excluding hydrogens is 362 g/mol. The minimum atomic E-state index is -0.383. The van der Waals surface area contributed by atoms with Crippen LogP contribution in [0, 0.1) is 6.92 Å². The molecule has 3 rings (SSSR count). The zero-order chi connectivity index (χ0) is 19.4. The first kappa shape index (κ1) is 19.6. The van der Waals surface area contributed by atoms with Crippen LogP contribution in [0.2, 0.25) is 0 Å². The van der Waals surface area contributed by atoms with Gasteiger partial charge in [-0.2, -0.15) is 11.8 Å². The van der Waals surface area contributed by atoms with E-state index in [4.69, 9.17) is 9.47 Å². The van der Waals surface area contributed by atoms with Crippen LogP contribution in [0.3, 0.4) is 0 Å².